The predicted octanol–water partition coefficient (Wildman–Crippen LogP) is 3.98. The average Bonchev–Trinajstić information content (AvgIpc) is 2.45. The van der Waals surface area contributed by atoms with Gasteiger partial charge in [-0.15, -0.1) is 0 Å². The molecule has 1 saturated carbocycles. The Labute approximate surface area is 121 Å². The molecule has 2 heteroatoms. The van der Waals surface area contributed by atoms with Gasteiger partial charge in [0.25, 0.3) is 0 Å². The first-order valence-electron chi connectivity index (χ1n) is 7.57. The summed E-state index contributed by atoms with van der Waals surface area (Å²) < 4.78 is 0. The monoisotopic (exact) mass is 266 g/mol. The normalized spacial score (nSPS) is 16.6. The topological polar surface area (TPSA) is 38.9 Å². The molecule has 1 atom stereocenters. The number of rotatable bonds is 5. The Bertz CT molecular complexity index is 529. The van der Waals surface area contributed by atoms with Crippen molar-refractivity contribution in [2.24, 2.45) is 5.73 Å². The van der Waals surface area contributed by atoms with E-state index in [2.05, 4.69) is 35.3 Å². The van der Waals surface area contributed by atoms with Crippen LogP contribution in [0.15, 0.2) is 48.8 Å². The van der Waals surface area contributed by atoms with E-state index in [1.807, 2.05) is 18.5 Å². The van der Waals surface area contributed by atoms with Crippen molar-refractivity contribution in [3.05, 3.63) is 65.5 Å². The molecular formula is C18H22N2. The first-order chi connectivity index (χ1) is 9.83. The number of nitrogens with two attached hydrogens (primary N) is 1. The molecular weight excluding hydrogens is 244 g/mol. The molecule has 0 spiro atoms. The van der Waals surface area contributed by atoms with E-state index in [4.69, 9.17) is 5.73 Å². The lowest BCUT2D eigenvalue weighted by molar-refractivity contribution is 0.419. The smallest absolute Gasteiger partial charge is 0.0299 e. The summed E-state index contributed by atoms with van der Waals surface area (Å²) in [6.07, 6.45) is 9.78. The maximum atomic E-state index is 6.30. The molecule has 1 fully saturated rings. The number of pyridine rings is 1. The lowest BCUT2D eigenvalue weighted by Gasteiger charge is -2.26. The molecule has 2 N–H and O–H groups in total. The van der Waals surface area contributed by atoms with Crippen LogP contribution in [0.3, 0.4) is 0 Å². The van der Waals surface area contributed by atoms with Gasteiger partial charge in [0.15, 0.2) is 0 Å². The molecule has 2 nitrogen and oxygen atoms in total. The highest BCUT2D eigenvalue weighted by Crippen LogP contribution is 2.36. The summed E-state index contributed by atoms with van der Waals surface area (Å²) in [5.74, 6) is 0.802. The van der Waals surface area contributed by atoms with E-state index in [0.29, 0.717) is 0 Å². The van der Waals surface area contributed by atoms with Crippen LogP contribution in [0, 0.1) is 0 Å². The van der Waals surface area contributed by atoms with Crippen molar-refractivity contribution < 1.29 is 0 Å². The zero-order valence-electron chi connectivity index (χ0n) is 11.8. The molecule has 1 aromatic carbocycles. The third-order valence-corrected chi connectivity index (χ3v) is 4.41. The van der Waals surface area contributed by atoms with Crippen LogP contribution < -0.4 is 5.73 Å². The SMILES string of the molecule is NC(CCc1cccnc1)c1ccc(C2CCC2)cc1. The number of aryl methyl sites for hydroxylation is 1. The van der Waals surface area contributed by atoms with Gasteiger partial charge in [-0.3, -0.25) is 4.98 Å². The quantitative estimate of drug-likeness (QED) is 0.889. The van der Waals surface area contributed by atoms with Gasteiger partial charge in [-0.05, 0) is 54.4 Å². The third-order valence-electron chi connectivity index (χ3n) is 4.41. The van der Waals surface area contributed by atoms with Crippen LogP contribution in [-0.2, 0) is 6.42 Å². The molecule has 0 radical (unpaired) electrons. The lowest BCUT2D eigenvalue weighted by Crippen LogP contribution is -2.12. The Morgan fingerprint density at radius 3 is 2.55 bits per heavy atom. The van der Waals surface area contributed by atoms with E-state index < -0.39 is 0 Å². The predicted molar refractivity (Wildman–Crippen MR) is 82.5 cm³/mol. The summed E-state index contributed by atoms with van der Waals surface area (Å²) in [7, 11) is 0. The van der Waals surface area contributed by atoms with Crippen molar-refractivity contribution in [1.82, 2.24) is 4.98 Å². The molecule has 3 rings (SSSR count). The Hall–Kier alpha value is -1.67. The first kappa shape index (κ1) is 13.3. The fourth-order valence-electron chi connectivity index (χ4n) is 2.79. The fourth-order valence-corrected chi connectivity index (χ4v) is 2.79. The van der Waals surface area contributed by atoms with Crippen molar-refractivity contribution in [2.75, 3.05) is 0 Å². The van der Waals surface area contributed by atoms with Crippen LogP contribution in [0.2, 0.25) is 0 Å². The number of hydrogen-bond acceptors (Lipinski definition) is 2. The molecule has 0 amide bonds. The molecule has 0 saturated heterocycles. The van der Waals surface area contributed by atoms with Crippen LogP contribution in [0.1, 0.15) is 54.3 Å². The summed E-state index contributed by atoms with van der Waals surface area (Å²) in [5, 5.41) is 0. The zero-order valence-corrected chi connectivity index (χ0v) is 11.8. The number of benzene rings is 1. The van der Waals surface area contributed by atoms with Crippen molar-refractivity contribution in [3.8, 4) is 0 Å². The van der Waals surface area contributed by atoms with E-state index in [-0.39, 0.29) is 6.04 Å². The van der Waals surface area contributed by atoms with Crippen LogP contribution >= 0.6 is 0 Å². The van der Waals surface area contributed by atoms with Gasteiger partial charge in [-0.25, -0.2) is 0 Å². The van der Waals surface area contributed by atoms with Gasteiger partial charge in [0.05, 0.1) is 0 Å². The van der Waals surface area contributed by atoms with Crippen LogP contribution in [0.4, 0.5) is 0 Å². The second-order valence-electron chi connectivity index (χ2n) is 5.80. The van der Waals surface area contributed by atoms with E-state index in [9.17, 15) is 0 Å². The fraction of sp³-hybridized carbons (Fsp3) is 0.389. The first-order valence-corrected chi connectivity index (χ1v) is 7.57. The van der Waals surface area contributed by atoms with Crippen LogP contribution in [-0.4, -0.2) is 4.98 Å². The standard InChI is InChI=1S/C18H22N2/c19-18(11-6-14-3-2-12-20-13-14)17-9-7-16(8-10-17)15-4-1-5-15/h2-3,7-10,12-13,15,18H,1,4-6,11,19H2. The largest absolute Gasteiger partial charge is 0.324 e. The van der Waals surface area contributed by atoms with Gasteiger partial charge in [-0.2, -0.15) is 0 Å². The Morgan fingerprint density at radius 1 is 1.15 bits per heavy atom. The molecule has 1 heterocycles. The minimum atomic E-state index is 0.116. The van der Waals surface area contributed by atoms with Gasteiger partial charge < -0.3 is 5.73 Å². The molecule has 1 aliphatic rings. The molecule has 20 heavy (non-hydrogen) atoms. The Balaban J connectivity index is 1.57. The minimum absolute atomic E-state index is 0.116. The van der Waals surface area contributed by atoms with Gasteiger partial charge in [0, 0.05) is 18.4 Å². The maximum Gasteiger partial charge on any atom is 0.0299 e. The summed E-state index contributed by atoms with van der Waals surface area (Å²) in [4.78, 5) is 4.14. The highest BCUT2D eigenvalue weighted by molar-refractivity contribution is 5.28. The Morgan fingerprint density at radius 2 is 1.95 bits per heavy atom. The van der Waals surface area contributed by atoms with Crippen molar-refractivity contribution in [3.63, 3.8) is 0 Å². The summed E-state index contributed by atoms with van der Waals surface area (Å²) in [5.41, 5.74) is 10.3. The minimum Gasteiger partial charge on any atom is -0.324 e. The van der Waals surface area contributed by atoms with Gasteiger partial charge in [0.2, 0.25) is 0 Å². The molecule has 0 bridgehead atoms. The Kier molecular flexibility index (Phi) is 4.12. The lowest BCUT2D eigenvalue weighted by atomic mass is 9.80. The van der Waals surface area contributed by atoms with Crippen molar-refractivity contribution in [1.29, 1.82) is 0 Å². The summed E-state index contributed by atoms with van der Waals surface area (Å²) in [6, 6.07) is 13.2. The molecule has 0 aliphatic heterocycles. The van der Waals surface area contributed by atoms with E-state index in [1.54, 1.807) is 0 Å². The molecule has 1 unspecified atom stereocenters. The summed E-state index contributed by atoms with van der Waals surface area (Å²) >= 11 is 0. The number of aromatic nitrogens is 1. The molecule has 1 aliphatic carbocycles. The van der Waals surface area contributed by atoms with Crippen molar-refractivity contribution >= 4 is 0 Å². The number of nitrogens with zero attached hydrogens (tertiary/aromatic N) is 1. The highest BCUT2D eigenvalue weighted by atomic mass is 14.6. The van der Waals surface area contributed by atoms with Crippen molar-refractivity contribution in [2.45, 2.75) is 44.1 Å². The molecule has 104 valence electrons. The van der Waals surface area contributed by atoms with E-state index in [1.165, 1.54) is 36.0 Å². The molecule has 2 aromatic rings. The number of hydrogen-bond donors (Lipinski definition) is 1. The van der Waals surface area contributed by atoms with Gasteiger partial charge in [-0.1, -0.05) is 36.8 Å². The molecule has 1 aromatic heterocycles. The second-order valence-corrected chi connectivity index (χ2v) is 5.80. The highest BCUT2D eigenvalue weighted by Gasteiger charge is 2.19. The average molecular weight is 266 g/mol. The second kappa shape index (κ2) is 6.19. The summed E-state index contributed by atoms with van der Waals surface area (Å²) in [6.45, 7) is 0. The van der Waals surface area contributed by atoms with E-state index in [0.717, 1.165) is 18.8 Å². The van der Waals surface area contributed by atoms with Crippen LogP contribution in [0.25, 0.3) is 0 Å². The van der Waals surface area contributed by atoms with Gasteiger partial charge >= 0.3 is 0 Å². The van der Waals surface area contributed by atoms with E-state index >= 15 is 0 Å². The van der Waals surface area contributed by atoms with Crippen LogP contribution in [0.5, 0.6) is 0 Å². The third kappa shape index (κ3) is 3.07. The maximum absolute atomic E-state index is 6.30. The zero-order chi connectivity index (χ0) is 13.8. The van der Waals surface area contributed by atoms with Gasteiger partial charge in [0.1, 0.15) is 0 Å².